The SMILES string of the molecule is O[C@@H]1CN(c2cc(Nc3ccc(-c4ccccc4)cc3)ncn2)CC[C@H]1N1CCc2ccccc2C1. The lowest BCUT2D eigenvalue weighted by Crippen LogP contribution is -2.55. The smallest absolute Gasteiger partial charge is 0.135 e. The molecule has 0 saturated carbocycles. The molecule has 0 amide bonds. The van der Waals surface area contributed by atoms with E-state index in [2.05, 4.69) is 97.9 Å². The molecule has 1 aromatic heterocycles. The lowest BCUT2D eigenvalue weighted by molar-refractivity contribution is 0.0293. The number of fused-ring (bicyclic) bond motifs is 1. The molecule has 3 aromatic carbocycles. The Hall–Kier alpha value is -3.74. The van der Waals surface area contributed by atoms with Crippen molar-refractivity contribution in [1.82, 2.24) is 14.9 Å². The first kappa shape index (κ1) is 22.7. The van der Waals surface area contributed by atoms with E-state index in [9.17, 15) is 5.11 Å². The van der Waals surface area contributed by atoms with Crippen LogP contribution in [-0.4, -0.2) is 51.8 Å². The second-order valence-corrected chi connectivity index (χ2v) is 9.69. The van der Waals surface area contributed by atoms with Gasteiger partial charge in [-0.3, -0.25) is 4.90 Å². The summed E-state index contributed by atoms with van der Waals surface area (Å²) in [6.45, 7) is 3.36. The maximum Gasteiger partial charge on any atom is 0.135 e. The molecule has 2 aliphatic heterocycles. The lowest BCUT2D eigenvalue weighted by atomic mass is 9.94. The van der Waals surface area contributed by atoms with Gasteiger partial charge < -0.3 is 15.3 Å². The first-order chi connectivity index (χ1) is 17.7. The Labute approximate surface area is 212 Å². The molecule has 0 aliphatic carbocycles. The van der Waals surface area contributed by atoms with Crippen molar-refractivity contribution in [2.45, 2.75) is 31.5 Å². The van der Waals surface area contributed by atoms with E-state index < -0.39 is 6.10 Å². The van der Waals surface area contributed by atoms with Crippen LogP contribution >= 0.6 is 0 Å². The standard InChI is InChI=1S/C30H31N5O/c36-28-20-35(17-15-27(28)34-16-14-23-8-4-5-9-25(23)19-34)30-18-29(31-21-32-30)33-26-12-10-24(11-13-26)22-6-2-1-3-7-22/h1-13,18,21,27-28,36H,14-17,19-20H2,(H,31,32,33)/t27-,28-/m1/s1. The number of piperidine rings is 1. The normalized spacial score (nSPS) is 20.1. The van der Waals surface area contributed by atoms with Crippen LogP contribution in [-0.2, 0) is 13.0 Å². The Morgan fingerprint density at radius 3 is 2.36 bits per heavy atom. The average Bonchev–Trinajstić information content (AvgIpc) is 2.94. The van der Waals surface area contributed by atoms with E-state index in [-0.39, 0.29) is 6.04 Å². The molecule has 182 valence electrons. The third-order valence-corrected chi connectivity index (χ3v) is 7.42. The molecule has 0 spiro atoms. The number of benzene rings is 3. The molecular weight excluding hydrogens is 446 g/mol. The minimum absolute atomic E-state index is 0.178. The van der Waals surface area contributed by atoms with Gasteiger partial charge in [0.2, 0.25) is 0 Å². The second kappa shape index (κ2) is 10.1. The predicted molar refractivity (Wildman–Crippen MR) is 144 cm³/mol. The molecule has 6 heteroatoms. The van der Waals surface area contributed by atoms with Gasteiger partial charge in [-0.2, -0.15) is 0 Å². The van der Waals surface area contributed by atoms with Crippen LogP contribution in [0.2, 0.25) is 0 Å². The molecule has 0 radical (unpaired) electrons. The van der Waals surface area contributed by atoms with E-state index in [0.717, 1.165) is 49.8 Å². The number of hydrogen-bond acceptors (Lipinski definition) is 6. The Morgan fingerprint density at radius 1 is 0.806 bits per heavy atom. The number of anilines is 3. The zero-order valence-corrected chi connectivity index (χ0v) is 20.3. The third kappa shape index (κ3) is 4.83. The Bertz CT molecular complexity index is 1310. The quantitative estimate of drug-likeness (QED) is 0.427. The van der Waals surface area contributed by atoms with Crippen molar-refractivity contribution in [1.29, 1.82) is 0 Å². The summed E-state index contributed by atoms with van der Waals surface area (Å²) in [5.41, 5.74) is 6.18. The number of aromatic nitrogens is 2. The maximum absolute atomic E-state index is 11.1. The molecule has 1 fully saturated rings. The number of nitrogens with one attached hydrogen (secondary N) is 1. The van der Waals surface area contributed by atoms with Gasteiger partial charge in [0, 0.05) is 44.0 Å². The van der Waals surface area contributed by atoms with Crippen LogP contribution in [0.3, 0.4) is 0 Å². The Kier molecular flexibility index (Phi) is 6.36. The van der Waals surface area contributed by atoms with Crippen LogP contribution in [0.1, 0.15) is 17.5 Å². The highest BCUT2D eigenvalue weighted by atomic mass is 16.3. The fraction of sp³-hybridized carbons (Fsp3) is 0.267. The first-order valence-electron chi connectivity index (χ1n) is 12.7. The van der Waals surface area contributed by atoms with Crippen molar-refractivity contribution >= 4 is 17.3 Å². The van der Waals surface area contributed by atoms with Crippen molar-refractivity contribution in [2.75, 3.05) is 29.9 Å². The monoisotopic (exact) mass is 477 g/mol. The fourth-order valence-electron chi connectivity index (χ4n) is 5.47. The molecule has 2 atom stereocenters. The van der Waals surface area contributed by atoms with E-state index >= 15 is 0 Å². The average molecular weight is 478 g/mol. The van der Waals surface area contributed by atoms with Crippen LogP contribution in [0, 0.1) is 0 Å². The molecule has 6 nitrogen and oxygen atoms in total. The van der Waals surface area contributed by atoms with E-state index in [4.69, 9.17) is 0 Å². The van der Waals surface area contributed by atoms with E-state index in [1.54, 1.807) is 6.33 Å². The highest BCUT2D eigenvalue weighted by Crippen LogP contribution is 2.28. The van der Waals surface area contributed by atoms with Gasteiger partial charge in [-0.1, -0.05) is 66.7 Å². The van der Waals surface area contributed by atoms with Gasteiger partial charge in [0.25, 0.3) is 0 Å². The molecule has 2 aliphatic rings. The number of hydrogen-bond donors (Lipinski definition) is 2. The highest BCUT2D eigenvalue weighted by molar-refractivity contribution is 5.68. The van der Waals surface area contributed by atoms with Crippen molar-refractivity contribution < 1.29 is 5.11 Å². The Morgan fingerprint density at radius 2 is 1.56 bits per heavy atom. The summed E-state index contributed by atoms with van der Waals surface area (Å²) in [6, 6.07) is 29.5. The summed E-state index contributed by atoms with van der Waals surface area (Å²) in [7, 11) is 0. The van der Waals surface area contributed by atoms with Crippen molar-refractivity contribution in [3.8, 4) is 11.1 Å². The summed E-state index contributed by atoms with van der Waals surface area (Å²) in [4.78, 5) is 13.6. The van der Waals surface area contributed by atoms with Gasteiger partial charge in [-0.15, -0.1) is 0 Å². The predicted octanol–water partition coefficient (Wildman–Crippen LogP) is 4.89. The lowest BCUT2D eigenvalue weighted by Gasteiger charge is -2.43. The van der Waals surface area contributed by atoms with Crippen LogP contribution in [0.15, 0.2) is 91.3 Å². The van der Waals surface area contributed by atoms with Crippen LogP contribution < -0.4 is 10.2 Å². The summed E-state index contributed by atoms with van der Waals surface area (Å²) in [5.74, 6) is 1.59. The van der Waals surface area contributed by atoms with E-state index in [0.29, 0.717) is 6.54 Å². The number of β-amino-alcohol motifs (C(OH)–C–C–N with tert-alkyl or cyclic N) is 1. The topological polar surface area (TPSA) is 64.5 Å². The number of nitrogens with zero attached hydrogens (tertiary/aromatic N) is 4. The Balaban J connectivity index is 1.10. The van der Waals surface area contributed by atoms with Crippen molar-refractivity contribution in [2.24, 2.45) is 0 Å². The number of rotatable bonds is 5. The van der Waals surface area contributed by atoms with Gasteiger partial charge in [0.1, 0.15) is 18.0 Å². The number of aliphatic hydroxyl groups is 1. The number of aliphatic hydroxyl groups excluding tert-OH is 1. The molecule has 0 bridgehead atoms. The van der Waals surface area contributed by atoms with Crippen LogP contribution in [0.4, 0.5) is 17.3 Å². The van der Waals surface area contributed by atoms with Crippen molar-refractivity contribution in [3.05, 3.63) is 102 Å². The van der Waals surface area contributed by atoms with E-state index in [1.165, 1.54) is 22.3 Å². The van der Waals surface area contributed by atoms with Gasteiger partial charge >= 0.3 is 0 Å². The molecule has 3 heterocycles. The summed E-state index contributed by atoms with van der Waals surface area (Å²) >= 11 is 0. The van der Waals surface area contributed by atoms with Gasteiger partial charge in [-0.05, 0) is 47.2 Å². The first-order valence-corrected chi connectivity index (χ1v) is 12.7. The molecular formula is C30H31N5O. The zero-order valence-electron chi connectivity index (χ0n) is 20.3. The summed E-state index contributed by atoms with van der Waals surface area (Å²) in [6.07, 6.45) is 3.14. The van der Waals surface area contributed by atoms with E-state index in [1.807, 2.05) is 12.1 Å². The maximum atomic E-state index is 11.1. The zero-order chi connectivity index (χ0) is 24.3. The third-order valence-electron chi connectivity index (χ3n) is 7.42. The largest absolute Gasteiger partial charge is 0.390 e. The van der Waals surface area contributed by atoms with Crippen LogP contribution in [0.5, 0.6) is 0 Å². The second-order valence-electron chi connectivity index (χ2n) is 9.69. The molecule has 1 saturated heterocycles. The molecule has 36 heavy (non-hydrogen) atoms. The minimum Gasteiger partial charge on any atom is -0.390 e. The van der Waals surface area contributed by atoms with Gasteiger partial charge in [0.15, 0.2) is 0 Å². The van der Waals surface area contributed by atoms with Gasteiger partial charge in [0.05, 0.1) is 6.10 Å². The molecule has 2 N–H and O–H groups in total. The van der Waals surface area contributed by atoms with Gasteiger partial charge in [-0.25, -0.2) is 9.97 Å². The minimum atomic E-state index is -0.416. The van der Waals surface area contributed by atoms with Crippen LogP contribution in [0.25, 0.3) is 11.1 Å². The summed E-state index contributed by atoms with van der Waals surface area (Å²) < 4.78 is 0. The molecule has 6 rings (SSSR count). The van der Waals surface area contributed by atoms with Crippen molar-refractivity contribution in [3.63, 3.8) is 0 Å². The molecule has 4 aromatic rings. The fourth-order valence-corrected chi connectivity index (χ4v) is 5.47. The highest BCUT2D eigenvalue weighted by Gasteiger charge is 2.34. The molecule has 0 unspecified atom stereocenters. The summed E-state index contributed by atoms with van der Waals surface area (Å²) in [5, 5.41) is 14.5.